The van der Waals surface area contributed by atoms with Gasteiger partial charge >= 0.3 is 0 Å². The Labute approximate surface area is 128 Å². The van der Waals surface area contributed by atoms with Gasteiger partial charge < -0.3 is 10.1 Å². The van der Waals surface area contributed by atoms with Gasteiger partial charge in [-0.1, -0.05) is 15.9 Å². The molecule has 2 aromatic carbocycles. The van der Waals surface area contributed by atoms with E-state index in [9.17, 15) is 4.79 Å². The van der Waals surface area contributed by atoms with E-state index in [0.29, 0.717) is 17.0 Å². The number of hydrogen-bond donors (Lipinski definition) is 1. The van der Waals surface area contributed by atoms with E-state index in [-0.39, 0.29) is 5.91 Å². The van der Waals surface area contributed by atoms with Crippen LogP contribution in [0.1, 0.15) is 10.4 Å². The lowest BCUT2D eigenvalue weighted by molar-refractivity contribution is 0.102. The topological polar surface area (TPSA) is 38.3 Å². The van der Waals surface area contributed by atoms with Gasteiger partial charge in [0.2, 0.25) is 0 Å². The fraction of sp³-hybridized carbons (Fsp3) is 0.0714. The van der Waals surface area contributed by atoms with Crippen LogP contribution < -0.4 is 10.1 Å². The Kier molecular flexibility index (Phi) is 4.61. The van der Waals surface area contributed by atoms with Crippen molar-refractivity contribution in [3.63, 3.8) is 0 Å². The maximum Gasteiger partial charge on any atom is 0.255 e. The fourth-order valence-electron chi connectivity index (χ4n) is 1.52. The predicted molar refractivity (Wildman–Crippen MR) is 82.8 cm³/mol. The van der Waals surface area contributed by atoms with Crippen LogP contribution >= 0.6 is 31.9 Å². The van der Waals surface area contributed by atoms with Crippen molar-refractivity contribution in [2.75, 3.05) is 12.4 Å². The third-order valence-corrected chi connectivity index (χ3v) is 3.75. The summed E-state index contributed by atoms with van der Waals surface area (Å²) in [5.41, 5.74) is 1.27. The number of ether oxygens (including phenoxy) is 1. The third-order valence-electron chi connectivity index (χ3n) is 2.53. The van der Waals surface area contributed by atoms with Crippen molar-refractivity contribution in [1.82, 2.24) is 0 Å². The molecule has 0 heterocycles. The number of benzene rings is 2. The maximum absolute atomic E-state index is 12.1. The molecule has 0 aliphatic heterocycles. The number of carbonyl (C=O) groups excluding carboxylic acids is 1. The van der Waals surface area contributed by atoms with Crippen LogP contribution in [0.5, 0.6) is 5.75 Å². The highest BCUT2D eigenvalue weighted by Crippen LogP contribution is 2.27. The minimum absolute atomic E-state index is 0.165. The van der Waals surface area contributed by atoms with Gasteiger partial charge in [0.05, 0.1) is 12.8 Å². The molecule has 98 valence electrons. The van der Waals surface area contributed by atoms with Crippen molar-refractivity contribution in [2.45, 2.75) is 0 Å². The molecule has 3 nitrogen and oxygen atoms in total. The van der Waals surface area contributed by atoms with Crippen LogP contribution in [0, 0.1) is 0 Å². The van der Waals surface area contributed by atoms with Crippen molar-refractivity contribution < 1.29 is 9.53 Å². The van der Waals surface area contributed by atoms with Crippen molar-refractivity contribution in [1.29, 1.82) is 0 Å². The molecule has 0 aromatic heterocycles. The minimum atomic E-state index is -0.165. The summed E-state index contributed by atoms with van der Waals surface area (Å²) < 4.78 is 6.88. The summed E-state index contributed by atoms with van der Waals surface area (Å²) >= 11 is 6.73. The zero-order chi connectivity index (χ0) is 13.8. The fourth-order valence-corrected chi connectivity index (χ4v) is 2.13. The van der Waals surface area contributed by atoms with Crippen molar-refractivity contribution in [2.24, 2.45) is 0 Å². The second kappa shape index (κ2) is 6.21. The maximum atomic E-state index is 12.1. The van der Waals surface area contributed by atoms with E-state index in [0.717, 1.165) is 8.95 Å². The van der Waals surface area contributed by atoms with E-state index >= 15 is 0 Å². The second-order valence-electron chi connectivity index (χ2n) is 3.81. The quantitative estimate of drug-likeness (QED) is 0.847. The summed E-state index contributed by atoms with van der Waals surface area (Å²) in [6.45, 7) is 0. The van der Waals surface area contributed by atoms with Crippen molar-refractivity contribution in [3.8, 4) is 5.75 Å². The molecule has 1 amide bonds. The number of anilines is 1. The standard InChI is InChI=1S/C14H11Br2NO2/c1-19-11-6-7-12(16)13(8-11)17-14(18)9-2-4-10(15)5-3-9/h2-8H,1H3,(H,17,18). The van der Waals surface area contributed by atoms with Crippen molar-refractivity contribution >= 4 is 43.5 Å². The largest absolute Gasteiger partial charge is 0.497 e. The molecule has 1 N–H and O–H groups in total. The highest BCUT2D eigenvalue weighted by atomic mass is 79.9. The Morgan fingerprint density at radius 1 is 1.11 bits per heavy atom. The Hall–Kier alpha value is -1.33. The Morgan fingerprint density at radius 3 is 2.42 bits per heavy atom. The van der Waals surface area contributed by atoms with Crippen LogP contribution in [0.2, 0.25) is 0 Å². The second-order valence-corrected chi connectivity index (χ2v) is 5.58. The zero-order valence-electron chi connectivity index (χ0n) is 10.1. The van der Waals surface area contributed by atoms with Gasteiger partial charge in [0.1, 0.15) is 5.75 Å². The first kappa shape index (κ1) is 14.1. The van der Waals surface area contributed by atoms with Crippen LogP contribution in [-0.2, 0) is 0 Å². The van der Waals surface area contributed by atoms with Crippen LogP contribution in [0.3, 0.4) is 0 Å². The molecule has 0 spiro atoms. The Bertz CT molecular complexity index is 597. The lowest BCUT2D eigenvalue weighted by Gasteiger charge is -2.09. The van der Waals surface area contributed by atoms with Gasteiger partial charge in [-0.05, 0) is 52.3 Å². The first-order valence-electron chi connectivity index (χ1n) is 5.50. The van der Waals surface area contributed by atoms with E-state index in [1.807, 2.05) is 24.3 Å². The molecule has 19 heavy (non-hydrogen) atoms. The van der Waals surface area contributed by atoms with Crippen LogP contribution in [0.4, 0.5) is 5.69 Å². The molecule has 0 bridgehead atoms. The van der Waals surface area contributed by atoms with E-state index in [4.69, 9.17) is 4.74 Å². The first-order valence-corrected chi connectivity index (χ1v) is 7.09. The molecule has 2 aromatic rings. The van der Waals surface area contributed by atoms with Crippen molar-refractivity contribution in [3.05, 3.63) is 57.0 Å². The molecule has 0 unspecified atom stereocenters. The van der Waals surface area contributed by atoms with E-state index in [1.54, 1.807) is 25.3 Å². The normalized spacial score (nSPS) is 10.1. The van der Waals surface area contributed by atoms with E-state index in [1.165, 1.54) is 0 Å². The summed E-state index contributed by atoms with van der Waals surface area (Å²) in [6, 6.07) is 12.6. The number of halogens is 2. The first-order chi connectivity index (χ1) is 9.10. The lowest BCUT2D eigenvalue weighted by atomic mass is 10.2. The van der Waals surface area contributed by atoms with Crippen LogP contribution in [0.15, 0.2) is 51.4 Å². The Morgan fingerprint density at radius 2 is 1.79 bits per heavy atom. The molecule has 0 saturated heterocycles. The minimum Gasteiger partial charge on any atom is -0.497 e. The number of nitrogens with one attached hydrogen (secondary N) is 1. The predicted octanol–water partition coefficient (Wildman–Crippen LogP) is 4.47. The summed E-state index contributed by atoms with van der Waals surface area (Å²) in [4.78, 5) is 12.1. The van der Waals surface area contributed by atoms with Gasteiger partial charge in [-0.15, -0.1) is 0 Å². The number of hydrogen-bond acceptors (Lipinski definition) is 2. The number of methoxy groups -OCH3 is 1. The molecular formula is C14H11Br2NO2. The lowest BCUT2D eigenvalue weighted by Crippen LogP contribution is -2.12. The number of carbonyl (C=O) groups is 1. The molecule has 0 aliphatic rings. The highest BCUT2D eigenvalue weighted by Gasteiger charge is 2.09. The number of amides is 1. The van der Waals surface area contributed by atoms with Gasteiger partial charge in [-0.3, -0.25) is 4.79 Å². The molecule has 2 rings (SSSR count). The van der Waals surface area contributed by atoms with Gasteiger partial charge in [0.25, 0.3) is 5.91 Å². The monoisotopic (exact) mass is 383 g/mol. The summed E-state index contributed by atoms with van der Waals surface area (Å²) in [5.74, 6) is 0.524. The average molecular weight is 385 g/mol. The number of rotatable bonds is 3. The third kappa shape index (κ3) is 3.58. The van der Waals surface area contributed by atoms with E-state index in [2.05, 4.69) is 37.2 Å². The van der Waals surface area contributed by atoms with Crippen LogP contribution in [-0.4, -0.2) is 13.0 Å². The average Bonchev–Trinajstić information content (AvgIpc) is 2.42. The molecule has 0 fully saturated rings. The summed E-state index contributed by atoms with van der Waals surface area (Å²) in [6.07, 6.45) is 0. The van der Waals surface area contributed by atoms with Gasteiger partial charge in [-0.2, -0.15) is 0 Å². The van der Waals surface area contributed by atoms with Gasteiger partial charge in [-0.25, -0.2) is 0 Å². The summed E-state index contributed by atoms with van der Waals surface area (Å²) in [5, 5.41) is 2.84. The van der Waals surface area contributed by atoms with Gasteiger partial charge in [0, 0.05) is 20.6 Å². The molecule has 0 atom stereocenters. The van der Waals surface area contributed by atoms with Gasteiger partial charge in [0.15, 0.2) is 0 Å². The molecule has 5 heteroatoms. The Balaban J connectivity index is 2.21. The molecule has 0 radical (unpaired) electrons. The molecular weight excluding hydrogens is 374 g/mol. The highest BCUT2D eigenvalue weighted by molar-refractivity contribution is 9.10. The summed E-state index contributed by atoms with van der Waals surface area (Å²) in [7, 11) is 1.59. The molecule has 0 saturated carbocycles. The van der Waals surface area contributed by atoms with Crippen LogP contribution in [0.25, 0.3) is 0 Å². The molecule has 0 aliphatic carbocycles. The van der Waals surface area contributed by atoms with E-state index < -0.39 is 0 Å². The zero-order valence-corrected chi connectivity index (χ0v) is 13.3. The SMILES string of the molecule is COc1ccc(Br)c(NC(=O)c2ccc(Br)cc2)c1. The smallest absolute Gasteiger partial charge is 0.255 e.